The van der Waals surface area contributed by atoms with Crippen LogP contribution in [0.25, 0.3) is 0 Å². The predicted molar refractivity (Wildman–Crippen MR) is 118 cm³/mol. The van der Waals surface area contributed by atoms with Gasteiger partial charge >= 0.3 is 0 Å². The smallest absolute Gasteiger partial charge is 0.224 e. The lowest BCUT2D eigenvalue weighted by Crippen LogP contribution is -2.39. The number of nitrogens with one attached hydrogen (secondary N) is 2. The highest BCUT2D eigenvalue weighted by atomic mass is 127. The molecule has 0 spiro atoms. The fourth-order valence-electron chi connectivity index (χ4n) is 2.43. The van der Waals surface area contributed by atoms with Gasteiger partial charge in [0.15, 0.2) is 5.96 Å². The molecule has 0 aliphatic heterocycles. The van der Waals surface area contributed by atoms with Gasteiger partial charge in [0, 0.05) is 40.2 Å². The van der Waals surface area contributed by atoms with Crippen LogP contribution in [0.1, 0.15) is 17.5 Å². The number of aliphatic imine (C=N–C) groups is 1. The third kappa shape index (κ3) is 8.38. The molecule has 0 bridgehead atoms. The van der Waals surface area contributed by atoms with E-state index in [0.29, 0.717) is 32.0 Å². The van der Waals surface area contributed by atoms with E-state index in [9.17, 15) is 9.18 Å². The summed E-state index contributed by atoms with van der Waals surface area (Å²) < 4.78 is 12.9. The molecule has 0 saturated carbocycles. The summed E-state index contributed by atoms with van der Waals surface area (Å²) in [5.74, 6) is 0.414. The van der Waals surface area contributed by atoms with Crippen molar-refractivity contribution in [2.45, 2.75) is 19.5 Å². The molecule has 0 radical (unpaired) electrons. The van der Waals surface area contributed by atoms with Crippen molar-refractivity contribution in [2.75, 3.05) is 20.6 Å². The number of hydrogen-bond donors (Lipinski definition) is 2. The molecule has 0 heterocycles. The van der Waals surface area contributed by atoms with E-state index in [1.54, 1.807) is 31.1 Å². The van der Waals surface area contributed by atoms with Crippen LogP contribution >= 0.6 is 24.0 Å². The van der Waals surface area contributed by atoms with Crippen LogP contribution in [0, 0.1) is 5.82 Å². The highest BCUT2D eigenvalue weighted by molar-refractivity contribution is 14.0. The first-order valence-electron chi connectivity index (χ1n) is 8.55. The lowest BCUT2D eigenvalue weighted by Gasteiger charge is -2.18. The van der Waals surface area contributed by atoms with E-state index in [1.807, 2.05) is 30.3 Å². The Kier molecular flexibility index (Phi) is 10.4. The Morgan fingerprint density at radius 3 is 2.33 bits per heavy atom. The van der Waals surface area contributed by atoms with E-state index >= 15 is 0 Å². The molecule has 2 N–H and O–H groups in total. The SMILES string of the molecule is CN=C(NCCC(=O)N(C)Cc1ccccc1)NCc1ccc(F)cc1.I. The van der Waals surface area contributed by atoms with Gasteiger partial charge in [-0.1, -0.05) is 42.5 Å². The quantitative estimate of drug-likeness (QED) is 0.361. The molecule has 0 aliphatic carbocycles. The molecule has 0 saturated heterocycles. The number of amides is 1. The van der Waals surface area contributed by atoms with Crippen molar-refractivity contribution in [1.29, 1.82) is 0 Å². The Morgan fingerprint density at radius 2 is 1.70 bits per heavy atom. The first-order valence-corrected chi connectivity index (χ1v) is 8.55. The summed E-state index contributed by atoms with van der Waals surface area (Å²) in [6, 6.07) is 16.2. The van der Waals surface area contributed by atoms with E-state index in [4.69, 9.17) is 0 Å². The van der Waals surface area contributed by atoms with Crippen molar-refractivity contribution in [2.24, 2.45) is 4.99 Å². The van der Waals surface area contributed by atoms with Crippen LogP contribution < -0.4 is 10.6 Å². The van der Waals surface area contributed by atoms with Crippen LogP contribution in [0.15, 0.2) is 59.6 Å². The third-order valence-corrected chi connectivity index (χ3v) is 3.92. The Morgan fingerprint density at radius 1 is 1.04 bits per heavy atom. The lowest BCUT2D eigenvalue weighted by molar-refractivity contribution is -0.130. The van der Waals surface area contributed by atoms with Gasteiger partial charge in [0.1, 0.15) is 5.82 Å². The first kappa shape index (κ1) is 22.9. The minimum absolute atomic E-state index is 0. The van der Waals surface area contributed by atoms with E-state index in [2.05, 4.69) is 15.6 Å². The van der Waals surface area contributed by atoms with Gasteiger partial charge in [-0.3, -0.25) is 9.79 Å². The van der Waals surface area contributed by atoms with E-state index in [1.165, 1.54) is 12.1 Å². The van der Waals surface area contributed by atoms with Crippen LogP contribution in [-0.4, -0.2) is 37.4 Å². The lowest BCUT2D eigenvalue weighted by atomic mass is 10.2. The van der Waals surface area contributed by atoms with Crippen molar-refractivity contribution in [3.8, 4) is 0 Å². The van der Waals surface area contributed by atoms with Gasteiger partial charge in [-0.2, -0.15) is 0 Å². The van der Waals surface area contributed by atoms with Crippen molar-refractivity contribution >= 4 is 35.8 Å². The largest absolute Gasteiger partial charge is 0.356 e. The normalized spacial score (nSPS) is 10.7. The summed E-state index contributed by atoms with van der Waals surface area (Å²) in [6.07, 6.45) is 0.376. The second-order valence-electron chi connectivity index (χ2n) is 5.96. The highest BCUT2D eigenvalue weighted by Crippen LogP contribution is 2.04. The zero-order valence-corrected chi connectivity index (χ0v) is 17.9. The van der Waals surface area contributed by atoms with Crippen molar-refractivity contribution in [3.05, 3.63) is 71.5 Å². The third-order valence-electron chi connectivity index (χ3n) is 3.92. The fourth-order valence-corrected chi connectivity index (χ4v) is 2.43. The average Bonchev–Trinajstić information content (AvgIpc) is 2.66. The van der Waals surface area contributed by atoms with E-state index < -0.39 is 0 Å². The van der Waals surface area contributed by atoms with Gasteiger partial charge in [-0.15, -0.1) is 24.0 Å². The predicted octanol–water partition coefficient (Wildman–Crippen LogP) is 3.16. The molecule has 27 heavy (non-hydrogen) atoms. The summed E-state index contributed by atoms with van der Waals surface area (Å²) in [4.78, 5) is 18.1. The van der Waals surface area contributed by atoms with Crippen molar-refractivity contribution in [3.63, 3.8) is 0 Å². The zero-order chi connectivity index (χ0) is 18.8. The van der Waals surface area contributed by atoms with Crippen LogP contribution in [0.5, 0.6) is 0 Å². The molecule has 2 aromatic rings. The second-order valence-corrected chi connectivity index (χ2v) is 5.96. The molecule has 0 fully saturated rings. The monoisotopic (exact) mass is 484 g/mol. The Bertz CT molecular complexity index is 723. The average molecular weight is 484 g/mol. The fraction of sp³-hybridized carbons (Fsp3) is 0.300. The minimum atomic E-state index is -0.255. The zero-order valence-electron chi connectivity index (χ0n) is 15.6. The number of rotatable bonds is 7. The van der Waals surface area contributed by atoms with E-state index in [0.717, 1.165) is 11.1 Å². The summed E-state index contributed by atoms with van der Waals surface area (Å²) in [5, 5.41) is 6.26. The van der Waals surface area contributed by atoms with Crippen LogP contribution in [0.2, 0.25) is 0 Å². The summed E-state index contributed by atoms with van der Waals surface area (Å²) in [5.41, 5.74) is 2.06. The van der Waals surface area contributed by atoms with Gasteiger partial charge in [-0.25, -0.2) is 4.39 Å². The Hall–Kier alpha value is -2.16. The minimum Gasteiger partial charge on any atom is -0.356 e. The Labute approximate surface area is 177 Å². The number of halogens is 2. The molecule has 146 valence electrons. The van der Waals surface area contributed by atoms with Gasteiger partial charge < -0.3 is 15.5 Å². The maximum atomic E-state index is 12.9. The van der Waals surface area contributed by atoms with Crippen LogP contribution in [0.4, 0.5) is 4.39 Å². The van der Waals surface area contributed by atoms with E-state index in [-0.39, 0.29) is 35.7 Å². The number of carbonyl (C=O) groups is 1. The number of nitrogens with zero attached hydrogens (tertiary/aromatic N) is 2. The van der Waals surface area contributed by atoms with Gasteiger partial charge in [-0.05, 0) is 23.3 Å². The van der Waals surface area contributed by atoms with Crippen molar-refractivity contribution in [1.82, 2.24) is 15.5 Å². The standard InChI is InChI=1S/C20H25FN4O.HI/c1-22-20(24-14-16-8-10-18(21)11-9-16)23-13-12-19(26)25(2)15-17-6-4-3-5-7-17;/h3-11H,12-15H2,1-2H3,(H2,22,23,24);1H. The second kappa shape index (κ2) is 12.3. The maximum Gasteiger partial charge on any atom is 0.224 e. The molecule has 1 amide bonds. The number of benzene rings is 2. The maximum absolute atomic E-state index is 12.9. The summed E-state index contributed by atoms with van der Waals surface area (Å²) in [7, 11) is 3.47. The molecule has 2 aromatic carbocycles. The summed E-state index contributed by atoms with van der Waals surface area (Å²) >= 11 is 0. The number of guanidine groups is 1. The molecule has 0 aromatic heterocycles. The topological polar surface area (TPSA) is 56.7 Å². The first-order chi connectivity index (χ1) is 12.6. The molecule has 0 aliphatic rings. The molecule has 0 unspecified atom stereocenters. The highest BCUT2D eigenvalue weighted by Gasteiger charge is 2.09. The molecule has 2 rings (SSSR count). The molecular weight excluding hydrogens is 458 g/mol. The van der Waals surface area contributed by atoms with Gasteiger partial charge in [0.2, 0.25) is 5.91 Å². The number of carbonyl (C=O) groups excluding carboxylic acids is 1. The Balaban J connectivity index is 0.00000364. The molecule has 0 atom stereocenters. The van der Waals surface area contributed by atoms with Crippen LogP contribution in [0.3, 0.4) is 0 Å². The van der Waals surface area contributed by atoms with Crippen molar-refractivity contribution < 1.29 is 9.18 Å². The van der Waals surface area contributed by atoms with Crippen LogP contribution in [-0.2, 0) is 17.9 Å². The summed E-state index contributed by atoms with van der Waals surface area (Å²) in [6.45, 7) is 1.61. The molecular formula is C20H26FIN4O. The van der Waals surface area contributed by atoms with Gasteiger partial charge in [0.05, 0.1) is 0 Å². The molecule has 7 heteroatoms. The molecule has 5 nitrogen and oxygen atoms in total. The number of hydrogen-bond acceptors (Lipinski definition) is 2. The van der Waals surface area contributed by atoms with Gasteiger partial charge in [0.25, 0.3) is 0 Å².